The Bertz CT molecular complexity index is 771. The van der Waals surface area contributed by atoms with Crippen molar-refractivity contribution in [3.63, 3.8) is 0 Å². The number of phenols is 1. The highest BCUT2D eigenvalue weighted by Gasteiger charge is 2.15. The first kappa shape index (κ1) is 12.3. The Balaban J connectivity index is 2.04. The van der Waals surface area contributed by atoms with Gasteiger partial charge < -0.3 is 9.63 Å². The number of halogens is 1. The van der Waals surface area contributed by atoms with Crippen molar-refractivity contribution in [1.29, 1.82) is 0 Å². The fraction of sp³-hybridized carbons (Fsp3) is 0.0714. The zero-order valence-electron chi connectivity index (χ0n) is 10.5. The molecule has 6 heteroatoms. The Labute approximate surface area is 113 Å². The summed E-state index contributed by atoms with van der Waals surface area (Å²) in [5.74, 6) is -0.294. The number of hydrogen-bond donors (Lipinski definition) is 1. The molecule has 0 radical (unpaired) electrons. The molecule has 0 unspecified atom stereocenters. The van der Waals surface area contributed by atoms with Crippen LogP contribution >= 0.6 is 0 Å². The fourth-order valence-electron chi connectivity index (χ4n) is 1.78. The molecule has 0 atom stereocenters. The summed E-state index contributed by atoms with van der Waals surface area (Å²) >= 11 is 0. The SMILES string of the molecule is Cc1cccc(-c2noc(-c3cc(F)ccc3O)n2)n1. The van der Waals surface area contributed by atoms with Gasteiger partial charge in [-0.2, -0.15) is 4.98 Å². The molecule has 0 fully saturated rings. The highest BCUT2D eigenvalue weighted by molar-refractivity contribution is 5.64. The van der Waals surface area contributed by atoms with Crippen LogP contribution in [0.3, 0.4) is 0 Å². The Morgan fingerprint density at radius 2 is 2.00 bits per heavy atom. The first-order valence-electron chi connectivity index (χ1n) is 5.90. The van der Waals surface area contributed by atoms with Crippen LogP contribution in [0.5, 0.6) is 5.75 Å². The van der Waals surface area contributed by atoms with E-state index in [2.05, 4.69) is 15.1 Å². The zero-order valence-corrected chi connectivity index (χ0v) is 10.5. The molecule has 2 heterocycles. The first-order valence-corrected chi connectivity index (χ1v) is 5.90. The standard InChI is InChI=1S/C14H10FN3O2/c1-8-3-2-4-11(16-8)13-17-14(20-18-13)10-7-9(15)5-6-12(10)19/h2-7,19H,1H3. The summed E-state index contributed by atoms with van der Waals surface area (Å²) in [4.78, 5) is 8.40. The van der Waals surface area contributed by atoms with Crippen LogP contribution in [0, 0.1) is 12.7 Å². The molecule has 0 amide bonds. The lowest BCUT2D eigenvalue weighted by Crippen LogP contribution is -1.88. The van der Waals surface area contributed by atoms with Gasteiger partial charge in [0.2, 0.25) is 5.82 Å². The van der Waals surface area contributed by atoms with E-state index in [-0.39, 0.29) is 23.0 Å². The summed E-state index contributed by atoms with van der Waals surface area (Å²) in [6.07, 6.45) is 0. The van der Waals surface area contributed by atoms with Gasteiger partial charge in [0.25, 0.3) is 5.89 Å². The van der Waals surface area contributed by atoms with Crippen LogP contribution in [0.15, 0.2) is 40.9 Å². The van der Waals surface area contributed by atoms with Crippen molar-refractivity contribution in [2.24, 2.45) is 0 Å². The number of rotatable bonds is 2. The lowest BCUT2D eigenvalue weighted by Gasteiger charge is -1.98. The number of aromatic hydroxyl groups is 1. The quantitative estimate of drug-likeness (QED) is 0.775. The predicted octanol–water partition coefficient (Wildman–Crippen LogP) is 2.95. The molecular formula is C14H10FN3O2. The number of benzene rings is 1. The summed E-state index contributed by atoms with van der Waals surface area (Å²) in [6, 6.07) is 8.94. The number of nitrogens with zero attached hydrogens (tertiary/aromatic N) is 3. The van der Waals surface area contributed by atoms with E-state index in [1.54, 1.807) is 6.07 Å². The molecule has 0 aliphatic carbocycles. The van der Waals surface area contributed by atoms with Crippen molar-refractivity contribution < 1.29 is 14.0 Å². The summed E-state index contributed by atoms with van der Waals surface area (Å²) in [5.41, 5.74) is 1.52. The second kappa shape index (κ2) is 4.73. The van der Waals surface area contributed by atoms with Crippen LogP contribution < -0.4 is 0 Å². The van der Waals surface area contributed by atoms with E-state index in [0.717, 1.165) is 17.8 Å². The van der Waals surface area contributed by atoms with E-state index in [0.29, 0.717) is 5.69 Å². The monoisotopic (exact) mass is 271 g/mol. The smallest absolute Gasteiger partial charge is 0.262 e. The highest BCUT2D eigenvalue weighted by Crippen LogP contribution is 2.29. The van der Waals surface area contributed by atoms with Gasteiger partial charge >= 0.3 is 0 Å². The van der Waals surface area contributed by atoms with E-state index < -0.39 is 5.82 Å². The van der Waals surface area contributed by atoms with Crippen molar-refractivity contribution in [2.45, 2.75) is 6.92 Å². The summed E-state index contributed by atoms with van der Waals surface area (Å²) in [6.45, 7) is 1.85. The van der Waals surface area contributed by atoms with Gasteiger partial charge in [-0.1, -0.05) is 11.2 Å². The topological polar surface area (TPSA) is 72.0 Å². The molecular weight excluding hydrogens is 261 g/mol. The maximum atomic E-state index is 13.2. The lowest BCUT2D eigenvalue weighted by atomic mass is 10.2. The van der Waals surface area contributed by atoms with Gasteiger partial charge in [0.15, 0.2) is 0 Å². The number of phenolic OH excluding ortho intramolecular Hbond substituents is 1. The fourth-order valence-corrected chi connectivity index (χ4v) is 1.78. The Morgan fingerprint density at radius 3 is 2.80 bits per heavy atom. The van der Waals surface area contributed by atoms with Crippen molar-refractivity contribution in [2.75, 3.05) is 0 Å². The van der Waals surface area contributed by atoms with Gasteiger partial charge in [0.05, 0.1) is 5.56 Å². The van der Waals surface area contributed by atoms with Crippen LogP contribution in [0.1, 0.15) is 5.69 Å². The molecule has 1 aromatic carbocycles. The van der Waals surface area contributed by atoms with Crippen molar-refractivity contribution in [3.8, 4) is 28.7 Å². The largest absolute Gasteiger partial charge is 0.507 e. The average Bonchev–Trinajstić information content (AvgIpc) is 2.91. The molecule has 3 rings (SSSR count). The van der Waals surface area contributed by atoms with E-state index in [1.807, 2.05) is 19.1 Å². The van der Waals surface area contributed by atoms with Crippen LogP contribution in [-0.4, -0.2) is 20.2 Å². The summed E-state index contributed by atoms with van der Waals surface area (Å²) in [5, 5.41) is 13.5. The predicted molar refractivity (Wildman–Crippen MR) is 69.3 cm³/mol. The molecule has 0 spiro atoms. The average molecular weight is 271 g/mol. The van der Waals surface area contributed by atoms with Crippen molar-refractivity contribution in [3.05, 3.63) is 47.9 Å². The molecule has 2 aromatic heterocycles. The highest BCUT2D eigenvalue weighted by atomic mass is 19.1. The Hall–Kier alpha value is -2.76. The summed E-state index contributed by atoms with van der Waals surface area (Å²) < 4.78 is 18.3. The zero-order chi connectivity index (χ0) is 14.1. The van der Waals surface area contributed by atoms with Gasteiger partial charge in [0.1, 0.15) is 17.3 Å². The van der Waals surface area contributed by atoms with Crippen molar-refractivity contribution >= 4 is 0 Å². The molecule has 5 nitrogen and oxygen atoms in total. The lowest BCUT2D eigenvalue weighted by molar-refractivity contribution is 0.425. The second-order valence-corrected chi connectivity index (χ2v) is 4.25. The molecule has 0 aliphatic heterocycles. The number of aromatic nitrogens is 3. The number of aryl methyl sites for hydroxylation is 1. The number of hydrogen-bond acceptors (Lipinski definition) is 5. The molecule has 0 saturated heterocycles. The molecule has 0 aliphatic rings. The molecule has 3 aromatic rings. The summed E-state index contributed by atoms with van der Waals surface area (Å²) in [7, 11) is 0. The third-order valence-electron chi connectivity index (χ3n) is 2.73. The minimum absolute atomic E-state index is 0.0420. The van der Waals surface area contributed by atoms with Gasteiger partial charge in [-0.25, -0.2) is 9.37 Å². The van der Waals surface area contributed by atoms with Gasteiger partial charge in [0, 0.05) is 5.69 Å². The third kappa shape index (κ3) is 2.23. The number of pyridine rings is 1. The second-order valence-electron chi connectivity index (χ2n) is 4.25. The van der Waals surface area contributed by atoms with Gasteiger partial charge in [-0.3, -0.25) is 0 Å². The molecule has 20 heavy (non-hydrogen) atoms. The minimum atomic E-state index is -0.494. The van der Waals surface area contributed by atoms with E-state index >= 15 is 0 Å². The van der Waals surface area contributed by atoms with Crippen molar-refractivity contribution in [1.82, 2.24) is 15.1 Å². The molecule has 100 valence electrons. The van der Waals surface area contributed by atoms with Gasteiger partial charge in [-0.05, 0) is 37.3 Å². The maximum Gasteiger partial charge on any atom is 0.262 e. The van der Waals surface area contributed by atoms with Crippen LogP contribution in [-0.2, 0) is 0 Å². The van der Waals surface area contributed by atoms with E-state index in [1.165, 1.54) is 6.07 Å². The Morgan fingerprint density at radius 1 is 1.15 bits per heavy atom. The Kier molecular flexibility index (Phi) is 2.90. The first-order chi connectivity index (χ1) is 9.63. The molecule has 0 bridgehead atoms. The minimum Gasteiger partial charge on any atom is -0.507 e. The van der Waals surface area contributed by atoms with Gasteiger partial charge in [-0.15, -0.1) is 0 Å². The molecule has 0 saturated carbocycles. The molecule has 1 N–H and O–H groups in total. The van der Waals surface area contributed by atoms with Crippen LogP contribution in [0.2, 0.25) is 0 Å². The van der Waals surface area contributed by atoms with E-state index in [4.69, 9.17) is 4.52 Å². The van der Waals surface area contributed by atoms with Crippen LogP contribution in [0.25, 0.3) is 23.0 Å². The van der Waals surface area contributed by atoms with Crippen LogP contribution in [0.4, 0.5) is 4.39 Å². The van der Waals surface area contributed by atoms with E-state index in [9.17, 15) is 9.50 Å². The third-order valence-corrected chi connectivity index (χ3v) is 2.73. The maximum absolute atomic E-state index is 13.2. The normalized spacial score (nSPS) is 10.7.